The molecule has 0 heterocycles. The fraction of sp³-hybridized carbons (Fsp3) is 0.818. The van der Waals surface area contributed by atoms with Gasteiger partial charge >= 0.3 is 5.97 Å². The molecule has 0 fully saturated rings. The summed E-state index contributed by atoms with van der Waals surface area (Å²) < 4.78 is 0. The first-order chi connectivity index (χ1) is 7.07. The van der Waals surface area contributed by atoms with Gasteiger partial charge in [0.1, 0.15) is 6.54 Å². The van der Waals surface area contributed by atoms with Crippen molar-refractivity contribution in [3.63, 3.8) is 0 Å². The molecule has 1 amide bonds. The maximum absolute atomic E-state index is 12.0. The zero-order valence-electron chi connectivity index (χ0n) is 10.7. The van der Waals surface area contributed by atoms with E-state index in [2.05, 4.69) is 0 Å². The summed E-state index contributed by atoms with van der Waals surface area (Å²) >= 11 is 0. The third-order valence-electron chi connectivity index (χ3n) is 2.37. The summed E-state index contributed by atoms with van der Waals surface area (Å²) in [5, 5.41) is 8.78. The number of nitrogens with zero attached hydrogens (tertiary/aromatic N) is 1. The molecule has 3 N–H and O–H groups in total. The van der Waals surface area contributed by atoms with Crippen LogP contribution >= 0.6 is 0 Å². The van der Waals surface area contributed by atoms with Gasteiger partial charge in [0.25, 0.3) is 0 Å². The molecule has 16 heavy (non-hydrogen) atoms. The molecule has 1 atom stereocenters. The molecule has 0 aliphatic rings. The van der Waals surface area contributed by atoms with Crippen LogP contribution in [0.1, 0.15) is 34.6 Å². The van der Waals surface area contributed by atoms with Gasteiger partial charge in [0, 0.05) is 5.54 Å². The number of amides is 1. The summed E-state index contributed by atoms with van der Waals surface area (Å²) in [6.45, 7) is 8.74. The molecule has 0 radical (unpaired) electrons. The lowest BCUT2D eigenvalue weighted by atomic mass is 9.99. The van der Waals surface area contributed by atoms with Crippen LogP contribution in [0.5, 0.6) is 0 Å². The number of hydrogen-bond donors (Lipinski definition) is 2. The van der Waals surface area contributed by atoms with Gasteiger partial charge in [-0.3, -0.25) is 9.59 Å². The zero-order chi connectivity index (χ0) is 13.1. The van der Waals surface area contributed by atoms with Crippen molar-refractivity contribution in [2.45, 2.75) is 46.2 Å². The number of nitrogens with two attached hydrogens (primary N) is 1. The van der Waals surface area contributed by atoms with Crippen molar-refractivity contribution < 1.29 is 14.7 Å². The molecule has 0 aromatic carbocycles. The van der Waals surface area contributed by atoms with Crippen molar-refractivity contribution in [1.29, 1.82) is 0 Å². The number of carbonyl (C=O) groups is 2. The Morgan fingerprint density at radius 2 is 1.75 bits per heavy atom. The zero-order valence-corrected chi connectivity index (χ0v) is 10.7. The lowest BCUT2D eigenvalue weighted by Crippen LogP contribution is -2.55. The summed E-state index contributed by atoms with van der Waals surface area (Å²) in [5.74, 6) is -1.35. The van der Waals surface area contributed by atoms with Gasteiger partial charge < -0.3 is 15.7 Å². The van der Waals surface area contributed by atoms with Crippen LogP contribution in [0, 0.1) is 5.92 Å². The van der Waals surface area contributed by atoms with Gasteiger partial charge in [0.2, 0.25) is 5.91 Å². The standard InChI is InChI=1S/C11H22N2O3/c1-7(2)9(12)10(16)13(6-8(14)15)11(3,4)5/h7,9H,6,12H2,1-5H3,(H,14,15)/t9-/m0/s1. The van der Waals surface area contributed by atoms with Crippen molar-refractivity contribution in [1.82, 2.24) is 4.90 Å². The minimum absolute atomic E-state index is 0.00820. The number of carboxylic acids is 1. The molecule has 0 spiro atoms. The van der Waals surface area contributed by atoms with E-state index < -0.39 is 17.6 Å². The van der Waals surface area contributed by atoms with E-state index in [0.29, 0.717) is 0 Å². The molecule has 0 aliphatic heterocycles. The summed E-state index contributed by atoms with van der Waals surface area (Å²) in [4.78, 5) is 24.0. The van der Waals surface area contributed by atoms with Gasteiger partial charge in [0.15, 0.2) is 0 Å². The van der Waals surface area contributed by atoms with E-state index in [9.17, 15) is 9.59 Å². The van der Waals surface area contributed by atoms with Crippen LogP contribution in [0.15, 0.2) is 0 Å². The van der Waals surface area contributed by atoms with Crippen molar-refractivity contribution in [3.05, 3.63) is 0 Å². The van der Waals surface area contributed by atoms with E-state index in [0.717, 1.165) is 0 Å². The molecule has 94 valence electrons. The second kappa shape index (κ2) is 5.30. The number of hydrogen-bond acceptors (Lipinski definition) is 3. The normalized spacial score (nSPS) is 13.7. The predicted molar refractivity (Wildman–Crippen MR) is 61.9 cm³/mol. The largest absolute Gasteiger partial charge is 0.480 e. The van der Waals surface area contributed by atoms with Crippen molar-refractivity contribution in [2.75, 3.05) is 6.54 Å². The average Bonchev–Trinajstić information content (AvgIpc) is 2.09. The van der Waals surface area contributed by atoms with Crippen LogP contribution in [-0.2, 0) is 9.59 Å². The average molecular weight is 230 g/mol. The molecular formula is C11H22N2O3. The van der Waals surface area contributed by atoms with Crippen LogP contribution in [0.2, 0.25) is 0 Å². The minimum Gasteiger partial charge on any atom is -0.480 e. The van der Waals surface area contributed by atoms with Crippen LogP contribution in [-0.4, -0.2) is 40.0 Å². The Labute approximate surface area is 96.6 Å². The molecule has 0 aliphatic carbocycles. The Morgan fingerprint density at radius 1 is 1.31 bits per heavy atom. The van der Waals surface area contributed by atoms with Gasteiger partial charge in [-0.1, -0.05) is 13.8 Å². The Kier molecular flexibility index (Phi) is 4.93. The molecular weight excluding hydrogens is 208 g/mol. The minimum atomic E-state index is -1.03. The topological polar surface area (TPSA) is 83.6 Å². The first-order valence-corrected chi connectivity index (χ1v) is 5.36. The van der Waals surface area contributed by atoms with Gasteiger partial charge in [0.05, 0.1) is 6.04 Å². The van der Waals surface area contributed by atoms with E-state index in [1.54, 1.807) is 20.8 Å². The highest BCUT2D eigenvalue weighted by Crippen LogP contribution is 2.16. The van der Waals surface area contributed by atoms with E-state index in [4.69, 9.17) is 10.8 Å². The van der Waals surface area contributed by atoms with Crippen molar-refractivity contribution >= 4 is 11.9 Å². The fourth-order valence-corrected chi connectivity index (χ4v) is 1.25. The van der Waals surface area contributed by atoms with Gasteiger partial charge in [-0.05, 0) is 26.7 Å². The highest BCUT2D eigenvalue weighted by molar-refractivity contribution is 5.86. The lowest BCUT2D eigenvalue weighted by Gasteiger charge is -2.36. The molecule has 5 nitrogen and oxygen atoms in total. The monoisotopic (exact) mass is 230 g/mol. The molecule has 0 bridgehead atoms. The molecule has 0 rings (SSSR count). The first-order valence-electron chi connectivity index (χ1n) is 5.36. The van der Waals surface area contributed by atoms with Crippen LogP contribution in [0.3, 0.4) is 0 Å². The summed E-state index contributed by atoms with van der Waals surface area (Å²) in [6, 6.07) is -0.654. The quantitative estimate of drug-likeness (QED) is 0.744. The summed E-state index contributed by atoms with van der Waals surface area (Å²) in [5.41, 5.74) is 5.21. The second-order valence-corrected chi connectivity index (χ2v) is 5.26. The third kappa shape index (κ3) is 4.18. The Hall–Kier alpha value is -1.10. The van der Waals surface area contributed by atoms with E-state index >= 15 is 0 Å². The Bertz CT molecular complexity index is 269. The highest BCUT2D eigenvalue weighted by atomic mass is 16.4. The van der Waals surface area contributed by atoms with E-state index in [1.807, 2.05) is 13.8 Å². The smallest absolute Gasteiger partial charge is 0.323 e. The van der Waals surface area contributed by atoms with Gasteiger partial charge in [-0.15, -0.1) is 0 Å². The number of carboxylic acid groups (broad SMARTS) is 1. The van der Waals surface area contributed by atoms with Crippen molar-refractivity contribution in [3.8, 4) is 0 Å². The third-order valence-corrected chi connectivity index (χ3v) is 2.37. The van der Waals surface area contributed by atoms with Crippen LogP contribution < -0.4 is 5.73 Å². The number of carbonyl (C=O) groups excluding carboxylic acids is 1. The number of rotatable bonds is 4. The summed E-state index contributed by atoms with van der Waals surface area (Å²) in [7, 11) is 0. The predicted octanol–water partition coefficient (Wildman–Crippen LogP) is 0.681. The van der Waals surface area contributed by atoms with Crippen molar-refractivity contribution in [2.24, 2.45) is 11.7 Å². The Morgan fingerprint density at radius 3 is 2.00 bits per heavy atom. The molecule has 0 unspecified atom stereocenters. The van der Waals surface area contributed by atoms with Gasteiger partial charge in [-0.2, -0.15) is 0 Å². The molecule has 0 saturated heterocycles. The molecule has 0 aromatic rings. The molecule has 5 heteroatoms. The Balaban J connectivity index is 4.91. The van der Waals surface area contributed by atoms with E-state index in [1.165, 1.54) is 4.90 Å². The van der Waals surface area contributed by atoms with Crippen LogP contribution in [0.4, 0.5) is 0 Å². The maximum atomic E-state index is 12.0. The maximum Gasteiger partial charge on any atom is 0.323 e. The highest BCUT2D eigenvalue weighted by Gasteiger charge is 2.32. The molecule has 0 saturated carbocycles. The molecule has 0 aromatic heterocycles. The summed E-state index contributed by atoms with van der Waals surface area (Å²) in [6.07, 6.45) is 0. The van der Waals surface area contributed by atoms with Crippen LogP contribution in [0.25, 0.3) is 0 Å². The second-order valence-electron chi connectivity index (χ2n) is 5.26. The van der Waals surface area contributed by atoms with Gasteiger partial charge in [-0.25, -0.2) is 0 Å². The lowest BCUT2D eigenvalue weighted by molar-refractivity contribution is -0.149. The first kappa shape index (κ1) is 14.9. The SMILES string of the molecule is CC(C)[C@H](N)C(=O)N(CC(=O)O)C(C)(C)C. The number of aliphatic carboxylic acids is 1. The van der Waals surface area contributed by atoms with E-state index in [-0.39, 0.29) is 18.4 Å². The fourth-order valence-electron chi connectivity index (χ4n) is 1.25.